The van der Waals surface area contributed by atoms with Gasteiger partial charge in [-0.15, -0.1) is 0 Å². The highest BCUT2D eigenvalue weighted by Gasteiger charge is 2.49. The van der Waals surface area contributed by atoms with Crippen molar-refractivity contribution >= 4 is 58.4 Å². The Morgan fingerprint density at radius 1 is 0.610 bits per heavy atom. The second-order valence-corrected chi connectivity index (χ2v) is 22.2. The first-order chi connectivity index (χ1) is 37.0. The monoisotopic (exact) mass is 1110 g/mol. The summed E-state index contributed by atoms with van der Waals surface area (Å²) in [5, 5.41) is 19.1. The Morgan fingerprint density at radius 3 is 1.57 bits per heavy atom. The molecular weight excluding hydrogens is 1010 g/mol. The third kappa shape index (κ3) is 34.7. The van der Waals surface area contributed by atoms with Gasteiger partial charge in [0.2, 0.25) is 23.6 Å². The lowest BCUT2D eigenvalue weighted by atomic mass is 9.97. The van der Waals surface area contributed by atoms with E-state index in [1.165, 1.54) is 105 Å². The van der Waals surface area contributed by atoms with Crippen LogP contribution in [-0.4, -0.2) is 120 Å². The fourth-order valence-electron chi connectivity index (χ4n) is 9.25. The van der Waals surface area contributed by atoms with Crippen molar-refractivity contribution < 1.29 is 67.1 Å². The molecule has 446 valence electrons. The number of aliphatic hydroxyl groups excluding tert-OH is 1. The van der Waals surface area contributed by atoms with E-state index in [2.05, 4.69) is 41.5 Å². The van der Waals surface area contributed by atoms with Crippen molar-refractivity contribution in [3.8, 4) is 0 Å². The van der Waals surface area contributed by atoms with E-state index in [4.69, 9.17) is 24.7 Å². The van der Waals surface area contributed by atoms with Crippen LogP contribution in [0.5, 0.6) is 0 Å². The van der Waals surface area contributed by atoms with E-state index in [-0.39, 0.29) is 38.1 Å². The fourth-order valence-corrected chi connectivity index (χ4v) is 10.4. The van der Waals surface area contributed by atoms with Crippen LogP contribution in [0.3, 0.4) is 0 Å². The highest BCUT2D eigenvalue weighted by Crippen LogP contribution is 2.33. The Morgan fingerprint density at radius 2 is 1.09 bits per heavy atom. The molecular formula is C58H104N4O14S. The maximum Gasteiger partial charge on any atom is 0.306 e. The van der Waals surface area contributed by atoms with E-state index >= 15 is 0 Å². The van der Waals surface area contributed by atoms with Gasteiger partial charge in [0.1, 0.15) is 54.6 Å². The lowest BCUT2D eigenvalue weighted by Crippen LogP contribution is -2.65. The van der Waals surface area contributed by atoms with Crippen LogP contribution in [0, 0.1) is 0 Å². The minimum Gasteiger partial charge on any atom is -0.469 e. The van der Waals surface area contributed by atoms with Crippen LogP contribution in [-0.2, 0) is 62.0 Å². The summed E-state index contributed by atoms with van der Waals surface area (Å²) in [5.74, 6) is -4.53. The minimum atomic E-state index is -1.61. The number of carbonyl (C=O) groups is 8. The normalized spacial score (nSPS) is 18.8. The van der Waals surface area contributed by atoms with Crippen molar-refractivity contribution in [2.24, 2.45) is 5.73 Å². The first-order valence-electron chi connectivity index (χ1n) is 29.7. The van der Waals surface area contributed by atoms with Crippen LogP contribution < -0.4 is 21.7 Å². The molecule has 1 rings (SSSR count). The number of carbonyl (C=O) groups excluding carboxylic acids is 8. The van der Waals surface area contributed by atoms with Crippen molar-refractivity contribution in [2.45, 2.75) is 308 Å². The first kappa shape index (κ1) is 71.2. The average molecular weight is 1110 g/mol. The number of primary amides is 1. The van der Waals surface area contributed by atoms with Gasteiger partial charge in [0.15, 0.2) is 5.12 Å². The Bertz CT molecular complexity index is 1670. The molecule has 0 aromatic rings. The molecule has 1 saturated heterocycles. The summed E-state index contributed by atoms with van der Waals surface area (Å²) in [6.07, 6.45) is 23.4. The van der Waals surface area contributed by atoms with Gasteiger partial charge in [-0.2, -0.15) is 0 Å². The maximum atomic E-state index is 14.2. The number of nitrogens with one attached hydrogen (secondary N) is 3. The predicted molar refractivity (Wildman–Crippen MR) is 300 cm³/mol. The summed E-state index contributed by atoms with van der Waals surface area (Å²) in [5.41, 5.74) is 4.22. The number of amides is 4. The molecule has 1 aliphatic rings. The van der Waals surface area contributed by atoms with Crippen LogP contribution in [0.25, 0.3) is 0 Å². The minimum absolute atomic E-state index is 0.137. The number of esters is 3. The molecule has 1 heterocycles. The lowest BCUT2D eigenvalue weighted by molar-refractivity contribution is -0.204. The molecule has 1 fully saturated rings. The van der Waals surface area contributed by atoms with Crippen molar-refractivity contribution in [1.82, 2.24) is 16.0 Å². The zero-order valence-electron chi connectivity index (χ0n) is 48.5. The summed E-state index contributed by atoms with van der Waals surface area (Å²) in [6, 6.07) is -3.71. The molecule has 0 saturated carbocycles. The van der Waals surface area contributed by atoms with Crippen molar-refractivity contribution in [3.05, 3.63) is 0 Å². The zero-order valence-corrected chi connectivity index (χ0v) is 49.3. The van der Waals surface area contributed by atoms with Gasteiger partial charge in [-0.25, -0.2) is 0 Å². The molecule has 77 heavy (non-hydrogen) atoms. The number of methoxy groups -OCH3 is 1. The summed E-state index contributed by atoms with van der Waals surface area (Å²) in [7, 11) is 1.18. The quantitative estimate of drug-likeness (QED) is 0.0216. The SMILES string of the molecule is CCCCCCCCCCCCCC(=O)O[C@@H](CCCCCCCCCCC)CC(=O)S[C@@H]1O[C@H](COC(=O)CCCCCCCCC)[C@@H](O)[C@H](O[C@H](C)C(=O)N[C@@H](C)C(=O)N[C@H](CCC(=O)OC)C(N)=O)[C@H]1NC(C)=O. The molecule has 0 spiro atoms. The molecule has 0 aliphatic carbocycles. The Labute approximate surface area is 466 Å². The number of unbranched alkanes of at least 4 members (excludes halogenated alkanes) is 24. The van der Waals surface area contributed by atoms with E-state index < -0.39 is 101 Å². The van der Waals surface area contributed by atoms with E-state index in [0.717, 1.165) is 95.2 Å². The standard InChI is InChI=1S/C58H104N4O14S/c1-8-11-14-17-20-22-23-25-28-31-34-37-50(66)75-45(35-32-29-27-24-21-18-15-12-9-2)40-51(67)77-58-52(61-44(6)63)54(53(68)47(76-58)41-73-49(65)36-33-30-26-19-16-13-10-3)74-43(5)57(71)60-42(4)56(70)62-46(55(59)69)38-39-48(64)72-7/h42-43,45-47,52-54,58,68H,8-41H2,1-7H3,(H2,59,69)(H,60,71)(H,61,63)(H,62,70)/t42-,43+,45-,46+,47+,52+,53+,54+,58-/m0/s1. The molecule has 0 aromatic carbocycles. The molecule has 0 unspecified atom stereocenters. The molecule has 6 N–H and O–H groups in total. The molecule has 0 aromatic heterocycles. The molecule has 0 radical (unpaired) electrons. The molecule has 1 aliphatic heterocycles. The van der Waals surface area contributed by atoms with Crippen LogP contribution in [0.4, 0.5) is 0 Å². The molecule has 9 atom stereocenters. The van der Waals surface area contributed by atoms with E-state index in [9.17, 15) is 43.5 Å². The lowest BCUT2D eigenvalue weighted by Gasteiger charge is -2.44. The number of rotatable bonds is 47. The van der Waals surface area contributed by atoms with Gasteiger partial charge in [-0.1, -0.05) is 187 Å². The second-order valence-electron chi connectivity index (χ2n) is 21.1. The van der Waals surface area contributed by atoms with Crippen molar-refractivity contribution in [2.75, 3.05) is 13.7 Å². The van der Waals surface area contributed by atoms with Crippen LogP contribution >= 0.6 is 11.8 Å². The average Bonchev–Trinajstić information content (AvgIpc) is 3.39. The Balaban J connectivity index is 3.29. The zero-order chi connectivity index (χ0) is 57.2. The summed E-state index contributed by atoms with van der Waals surface area (Å²) in [6.45, 7) is 10.1. The number of hydrogen-bond acceptors (Lipinski definition) is 15. The van der Waals surface area contributed by atoms with Crippen LogP contribution in [0.15, 0.2) is 0 Å². The summed E-state index contributed by atoms with van der Waals surface area (Å²) in [4.78, 5) is 104. The van der Waals surface area contributed by atoms with Gasteiger partial charge in [0.05, 0.1) is 19.6 Å². The third-order valence-corrected chi connectivity index (χ3v) is 15.1. The summed E-state index contributed by atoms with van der Waals surface area (Å²) < 4.78 is 28.8. The predicted octanol–water partition coefficient (Wildman–Crippen LogP) is 9.65. The van der Waals surface area contributed by atoms with Crippen LogP contribution in [0.2, 0.25) is 0 Å². The van der Waals surface area contributed by atoms with Gasteiger partial charge in [0.25, 0.3) is 0 Å². The van der Waals surface area contributed by atoms with Gasteiger partial charge >= 0.3 is 17.9 Å². The maximum absolute atomic E-state index is 14.2. The largest absolute Gasteiger partial charge is 0.469 e. The molecule has 4 amide bonds. The van der Waals surface area contributed by atoms with Crippen molar-refractivity contribution in [1.29, 1.82) is 0 Å². The number of hydrogen-bond donors (Lipinski definition) is 5. The third-order valence-electron chi connectivity index (χ3n) is 14.0. The van der Waals surface area contributed by atoms with Crippen LogP contribution in [0.1, 0.15) is 253 Å². The van der Waals surface area contributed by atoms with Gasteiger partial charge in [0, 0.05) is 26.2 Å². The number of aliphatic hydroxyl groups is 1. The van der Waals surface area contributed by atoms with E-state index in [1.807, 2.05) is 0 Å². The topological polar surface area (TPSA) is 265 Å². The van der Waals surface area contributed by atoms with E-state index in [1.54, 1.807) is 0 Å². The molecule has 18 nitrogen and oxygen atoms in total. The Kier molecular flexibility index (Phi) is 41.6. The fraction of sp³-hybridized carbons (Fsp3) is 0.862. The Hall–Kier alpha value is -3.81. The van der Waals surface area contributed by atoms with Crippen molar-refractivity contribution in [3.63, 3.8) is 0 Å². The number of ether oxygens (including phenoxy) is 5. The smallest absolute Gasteiger partial charge is 0.306 e. The van der Waals surface area contributed by atoms with Gasteiger partial charge in [-0.05, 0) is 46.0 Å². The van der Waals surface area contributed by atoms with Gasteiger partial charge < -0.3 is 50.5 Å². The molecule has 19 heteroatoms. The second kappa shape index (κ2) is 45.0. The van der Waals surface area contributed by atoms with E-state index in [0.29, 0.717) is 19.3 Å². The number of nitrogens with two attached hydrogens (primary N) is 1. The number of thioether (sulfide) groups is 1. The van der Waals surface area contributed by atoms with Gasteiger partial charge in [-0.3, -0.25) is 38.4 Å². The highest BCUT2D eigenvalue weighted by atomic mass is 32.2. The summed E-state index contributed by atoms with van der Waals surface area (Å²) >= 11 is 0.734. The highest BCUT2D eigenvalue weighted by molar-refractivity contribution is 8.14. The first-order valence-corrected chi connectivity index (χ1v) is 30.6. The molecule has 0 bridgehead atoms.